The van der Waals surface area contributed by atoms with E-state index in [0.717, 1.165) is 11.1 Å². The number of benzene rings is 2. The summed E-state index contributed by atoms with van der Waals surface area (Å²) in [6.45, 7) is 3.63. The van der Waals surface area contributed by atoms with Gasteiger partial charge in [-0.05, 0) is 16.7 Å². The third kappa shape index (κ3) is 3.08. The number of hydrogen-bond donors (Lipinski definition) is 0. The van der Waals surface area contributed by atoms with Crippen LogP contribution in [0.2, 0.25) is 0 Å². The molecule has 0 saturated heterocycles. The van der Waals surface area contributed by atoms with E-state index in [0.29, 0.717) is 0 Å². The fourth-order valence-electron chi connectivity index (χ4n) is 1.64. The molecule has 0 aromatic heterocycles. The van der Waals surface area contributed by atoms with E-state index in [9.17, 15) is 4.79 Å². The Morgan fingerprint density at radius 2 is 1.61 bits per heavy atom. The summed E-state index contributed by atoms with van der Waals surface area (Å²) in [6.07, 6.45) is 1.17. The third-order valence-corrected chi connectivity index (χ3v) is 2.61. The first kappa shape index (κ1) is 12.1. The van der Waals surface area contributed by atoms with Crippen molar-refractivity contribution >= 4 is 5.97 Å². The van der Waals surface area contributed by atoms with Crippen LogP contribution >= 0.6 is 0 Å². The van der Waals surface area contributed by atoms with Gasteiger partial charge in [0.2, 0.25) is 0 Å². The lowest BCUT2D eigenvalue weighted by Crippen LogP contribution is -1.99. The smallest absolute Gasteiger partial charge is 0.330 e. The number of esters is 1. The SMILES string of the molecule is C=CC(=O)OCc1ccc(-c2ccccc2)cc1. The summed E-state index contributed by atoms with van der Waals surface area (Å²) in [7, 11) is 0. The van der Waals surface area contributed by atoms with Crippen molar-refractivity contribution in [3.8, 4) is 11.1 Å². The Balaban J connectivity index is 2.06. The van der Waals surface area contributed by atoms with Crippen LogP contribution < -0.4 is 0 Å². The molecule has 0 radical (unpaired) electrons. The van der Waals surface area contributed by atoms with Gasteiger partial charge in [-0.15, -0.1) is 0 Å². The minimum absolute atomic E-state index is 0.278. The van der Waals surface area contributed by atoms with Gasteiger partial charge in [-0.1, -0.05) is 61.2 Å². The molecule has 0 aliphatic heterocycles. The summed E-state index contributed by atoms with van der Waals surface area (Å²) < 4.78 is 4.97. The van der Waals surface area contributed by atoms with Gasteiger partial charge < -0.3 is 4.74 Å². The number of carbonyl (C=O) groups is 1. The molecule has 0 amide bonds. The normalized spacial score (nSPS) is 9.78. The van der Waals surface area contributed by atoms with Crippen molar-refractivity contribution in [3.05, 3.63) is 72.8 Å². The van der Waals surface area contributed by atoms with Crippen LogP contribution in [0.4, 0.5) is 0 Å². The highest BCUT2D eigenvalue weighted by Gasteiger charge is 1.99. The minimum atomic E-state index is -0.401. The standard InChI is InChI=1S/C16H14O2/c1-2-16(17)18-12-13-8-10-15(11-9-13)14-6-4-3-5-7-14/h2-11H,1,12H2. The molecular weight excluding hydrogens is 224 g/mol. The monoisotopic (exact) mass is 238 g/mol. The molecule has 0 N–H and O–H groups in total. The summed E-state index contributed by atoms with van der Waals surface area (Å²) in [5.74, 6) is -0.401. The van der Waals surface area contributed by atoms with E-state index in [1.54, 1.807) is 0 Å². The van der Waals surface area contributed by atoms with Gasteiger partial charge in [0, 0.05) is 6.08 Å². The average Bonchev–Trinajstić information content (AvgIpc) is 2.46. The molecule has 0 aliphatic rings. The van der Waals surface area contributed by atoms with Gasteiger partial charge in [-0.25, -0.2) is 4.79 Å². The fourth-order valence-corrected chi connectivity index (χ4v) is 1.64. The Hall–Kier alpha value is -2.35. The van der Waals surface area contributed by atoms with Crippen LogP contribution in [0, 0.1) is 0 Å². The molecule has 2 aromatic carbocycles. The first-order valence-corrected chi connectivity index (χ1v) is 5.73. The lowest BCUT2D eigenvalue weighted by atomic mass is 10.0. The molecule has 0 heterocycles. The number of hydrogen-bond acceptors (Lipinski definition) is 2. The lowest BCUT2D eigenvalue weighted by Gasteiger charge is -2.04. The molecule has 2 aromatic rings. The second-order valence-electron chi connectivity index (χ2n) is 3.87. The molecule has 0 fully saturated rings. The second kappa shape index (κ2) is 5.82. The predicted octanol–water partition coefficient (Wildman–Crippen LogP) is 3.58. The third-order valence-electron chi connectivity index (χ3n) is 2.61. The van der Waals surface area contributed by atoms with Crippen LogP contribution in [0.3, 0.4) is 0 Å². The first-order chi connectivity index (χ1) is 8.79. The van der Waals surface area contributed by atoms with E-state index >= 15 is 0 Å². The summed E-state index contributed by atoms with van der Waals surface area (Å²) >= 11 is 0. The molecular formula is C16H14O2. The fraction of sp³-hybridized carbons (Fsp3) is 0.0625. The van der Waals surface area contributed by atoms with E-state index in [1.165, 1.54) is 11.6 Å². The molecule has 0 bridgehead atoms. The van der Waals surface area contributed by atoms with Gasteiger partial charge in [-0.2, -0.15) is 0 Å². The van der Waals surface area contributed by atoms with Crippen LogP contribution in [0.15, 0.2) is 67.3 Å². The summed E-state index contributed by atoms with van der Waals surface area (Å²) in [6, 6.07) is 18.1. The molecule has 2 rings (SSSR count). The number of ether oxygens (including phenoxy) is 1. The Morgan fingerprint density at radius 3 is 2.22 bits per heavy atom. The van der Waals surface area contributed by atoms with Crippen LogP contribution in [0.5, 0.6) is 0 Å². The maximum atomic E-state index is 10.9. The van der Waals surface area contributed by atoms with Crippen molar-refractivity contribution in [3.63, 3.8) is 0 Å². The topological polar surface area (TPSA) is 26.3 Å². The highest BCUT2D eigenvalue weighted by molar-refractivity contribution is 5.81. The average molecular weight is 238 g/mol. The van der Waals surface area contributed by atoms with Gasteiger partial charge in [0.05, 0.1) is 0 Å². The van der Waals surface area contributed by atoms with Gasteiger partial charge in [0.1, 0.15) is 6.61 Å². The first-order valence-electron chi connectivity index (χ1n) is 5.73. The van der Waals surface area contributed by atoms with Crippen LogP contribution in [0.25, 0.3) is 11.1 Å². The summed E-state index contributed by atoms with van der Waals surface area (Å²) in [5, 5.41) is 0. The largest absolute Gasteiger partial charge is 0.458 e. The zero-order chi connectivity index (χ0) is 12.8. The molecule has 90 valence electrons. The van der Waals surface area contributed by atoms with E-state index in [-0.39, 0.29) is 6.61 Å². The van der Waals surface area contributed by atoms with Gasteiger partial charge >= 0.3 is 5.97 Å². The summed E-state index contributed by atoms with van der Waals surface area (Å²) in [5.41, 5.74) is 3.28. The molecule has 2 heteroatoms. The van der Waals surface area contributed by atoms with Crippen molar-refractivity contribution in [1.82, 2.24) is 0 Å². The second-order valence-corrected chi connectivity index (χ2v) is 3.87. The molecule has 0 aliphatic carbocycles. The lowest BCUT2D eigenvalue weighted by molar-refractivity contribution is -0.138. The van der Waals surface area contributed by atoms with Crippen LogP contribution in [-0.2, 0) is 16.1 Å². The van der Waals surface area contributed by atoms with E-state index in [1.807, 2.05) is 42.5 Å². The molecule has 0 saturated carbocycles. The highest BCUT2D eigenvalue weighted by Crippen LogP contribution is 2.19. The van der Waals surface area contributed by atoms with Gasteiger partial charge in [0.25, 0.3) is 0 Å². The van der Waals surface area contributed by atoms with E-state index < -0.39 is 5.97 Å². The number of carbonyl (C=O) groups excluding carboxylic acids is 1. The Bertz CT molecular complexity index is 527. The quantitative estimate of drug-likeness (QED) is 0.601. The molecule has 0 unspecified atom stereocenters. The Morgan fingerprint density at radius 1 is 1.00 bits per heavy atom. The van der Waals surface area contributed by atoms with E-state index in [4.69, 9.17) is 4.74 Å². The van der Waals surface area contributed by atoms with Crippen molar-refractivity contribution in [1.29, 1.82) is 0 Å². The van der Waals surface area contributed by atoms with Crippen LogP contribution in [0.1, 0.15) is 5.56 Å². The molecule has 18 heavy (non-hydrogen) atoms. The van der Waals surface area contributed by atoms with Crippen LogP contribution in [-0.4, -0.2) is 5.97 Å². The van der Waals surface area contributed by atoms with Gasteiger partial charge in [0.15, 0.2) is 0 Å². The number of rotatable bonds is 4. The van der Waals surface area contributed by atoms with Crippen molar-refractivity contribution in [2.75, 3.05) is 0 Å². The minimum Gasteiger partial charge on any atom is -0.458 e. The van der Waals surface area contributed by atoms with Crippen molar-refractivity contribution in [2.24, 2.45) is 0 Å². The molecule has 0 spiro atoms. The van der Waals surface area contributed by atoms with E-state index in [2.05, 4.69) is 18.7 Å². The van der Waals surface area contributed by atoms with Crippen molar-refractivity contribution < 1.29 is 9.53 Å². The highest BCUT2D eigenvalue weighted by atomic mass is 16.5. The Kier molecular flexibility index (Phi) is 3.92. The summed E-state index contributed by atoms with van der Waals surface area (Å²) in [4.78, 5) is 10.9. The maximum Gasteiger partial charge on any atom is 0.330 e. The molecule has 2 nitrogen and oxygen atoms in total. The zero-order valence-electron chi connectivity index (χ0n) is 10.0. The Labute approximate surface area is 107 Å². The van der Waals surface area contributed by atoms with Crippen molar-refractivity contribution in [2.45, 2.75) is 6.61 Å². The zero-order valence-corrected chi connectivity index (χ0v) is 10.0. The van der Waals surface area contributed by atoms with Gasteiger partial charge in [-0.3, -0.25) is 0 Å². The maximum absolute atomic E-state index is 10.9. The molecule has 0 atom stereocenters. The predicted molar refractivity (Wildman–Crippen MR) is 71.9 cm³/mol.